The third-order valence-electron chi connectivity index (χ3n) is 9.21. The lowest BCUT2D eigenvalue weighted by Gasteiger charge is -2.47. The van der Waals surface area contributed by atoms with E-state index >= 15 is 0 Å². The van der Waals surface area contributed by atoms with Crippen LogP contribution in [0.15, 0.2) is 54.6 Å². The largest absolute Gasteiger partial charge is 0.508 e. The van der Waals surface area contributed by atoms with Gasteiger partial charge >= 0.3 is 5.97 Å². The molecule has 0 aliphatic carbocycles. The van der Waals surface area contributed by atoms with Crippen LogP contribution in [0, 0.1) is 0 Å². The third kappa shape index (κ3) is 10.4. The van der Waals surface area contributed by atoms with Crippen LogP contribution in [0.25, 0.3) is 12.2 Å². The van der Waals surface area contributed by atoms with E-state index in [0.717, 1.165) is 6.08 Å². The van der Waals surface area contributed by atoms with Crippen molar-refractivity contribution in [1.82, 2.24) is 0 Å². The first-order valence-corrected chi connectivity index (χ1v) is 17.3. The van der Waals surface area contributed by atoms with Gasteiger partial charge in [-0.2, -0.15) is 0 Å². The zero-order valence-electron chi connectivity index (χ0n) is 29.3. The summed E-state index contributed by atoms with van der Waals surface area (Å²) in [5.41, 5.74) is 1.07. The predicted molar refractivity (Wildman–Crippen MR) is 183 cm³/mol. The van der Waals surface area contributed by atoms with Gasteiger partial charge < -0.3 is 89.3 Å². The SMILES string of the molecule is CC1OC(OC2C(O)C(COC(=O)C=Cc3ccc(O)c(O)c3)OC(OCC=Cc3ccc(O)cc3)C2O)C(O)C(O)C1OC1OC(CO)C(O)C(O)C1O. The van der Waals surface area contributed by atoms with Crippen LogP contribution in [-0.4, -0.2) is 174 Å². The molecule has 11 N–H and O–H groups in total. The number of esters is 1. The van der Waals surface area contributed by atoms with Gasteiger partial charge in [0.2, 0.25) is 0 Å². The molecule has 3 saturated heterocycles. The number of phenols is 3. The Bertz CT molecular complexity index is 1600. The number of benzene rings is 2. The molecule has 19 heteroatoms. The molecule has 304 valence electrons. The molecule has 3 aliphatic rings. The van der Waals surface area contributed by atoms with E-state index in [1.807, 2.05) is 0 Å². The standard InChI is InChI=1S/C36H46O19/c1-16-32(54-36-29(46)27(44)25(42)22(14-37)52-36)28(45)30(47)35(51-16)55-33-26(43)23(15-50-24(41)11-7-18-6-10-20(39)21(40)13-18)53-34(31(33)48)49-12-2-3-17-4-8-19(38)9-5-17/h2-11,13,16,22-23,25-40,42-48H,12,14-15H2,1H3. The van der Waals surface area contributed by atoms with Crippen molar-refractivity contribution >= 4 is 18.1 Å². The second kappa shape index (κ2) is 18.9. The van der Waals surface area contributed by atoms with Crippen LogP contribution in [0.3, 0.4) is 0 Å². The van der Waals surface area contributed by atoms with E-state index < -0.39 is 117 Å². The summed E-state index contributed by atoms with van der Waals surface area (Å²) in [6.07, 6.45) is -18.8. The quantitative estimate of drug-likeness (QED) is 0.0572. The van der Waals surface area contributed by atoms with Crippen LogP contribution in [0.4, 0.5) is 0 Å². The molecule has 3 fully saturated rings. The van der Waals surface area contributed by atoms with Gasteiger partial charge in [0.05, 0.1) is 19.3 Å². The molecule has 3 aliphatic heterocycles. The highest BCUT2D eigenvalue weighted by atomic mass is 16.8. The van der Waals surface area contributed by atoms with Gasteiger partial charge in [0, 0.05) is 6.08 Å². The number of aromatic hydroxyl groups is 3. The van der Waals surface area contributed by atoms with Crippen LogP contribution >= 0.6 is 0 Å². The molecular formula is C36H46O19. The van der Waals surface area contributed by atoms with E-state index in [4.69, 9.17) is 33.2 Å². The fourth-order valence-electron chi connectivity index (χ4n) is 6.08. The van der Waals surface area contributed by atoms with Crippen LogP contribution in [0.2, 0.25) is 0 Å². The summed E-state index contributed by atoms with van der Waals surface area (Å²) in [6, 6.07) is 10.1. The molecular weight excluding hydrogens is 736 g/mol. The third-order valence-corrected chi connectivity index (χ3v) is 9.21. The van der Waals surface area contributed by atoms with Crippen molar-refractivity contribution < 1.29 is 94.1 Å². The minimum absolute atomic E-state index is 0.0736. The van der Waals surface area contributed by atoms with Crippen LogP contribution in [0.5, 0.6) is 17.2 Å². The minimum Gasteiger partial charge on any atom is -0.508 e. The van der Waals surface area contributed by atoms with Crippen LogP contribution < -0.4 is 0 Å². The molecule has 3 heterocycles. The fraction of sp³-hybridized carbons (Fsp3) is 0.528. The Hall–Kier alpha value is -3.77. The Kier molecular flexibility index (Phi) is 14.6. The molecule has 2 aromatic carbocycles. The number of hydrogen-bond donors (Lipinski definition) is 11. The summed E-state index contributed by atoms with van der Waals surface area (Å²) in [4.78, 5) is 12.6. The Morgan fingerprint density at radius 3 is 2.00 bits per heavy atom. The maximum atomic E-state index is 12.6. The van der Waals surface area contributed by atoms with Crippen LogP contribution in [0.1, 0.15) is 18.1 Å². The van der Waals surface area contributed by atoms with E-state index in [-0.39, 0.29) is 18.1 Å². The van der Waals surface area contributed by atoms with E-state index in [9.17, 15) is 61.0 Å². The molecule has 0 amide bonds. The normalized spacial score (nSPS) is 37.0. The molecule has 0 radical (unpaired) electrons. The molecule has 5 rings (SSSR count). The molecule has 0 aromatic heterocycles. The first-order chi connectivity index (χ1) is 26.2. The van der Waals surface area contributed by atoms with Crippen molar-refractivity contribution in [3.05, 3.63) is 65.7 Å². The summed E-state index contributed by atoms with van der Waals surface area (Å²) < 4.78 is 39.3. The molecule has 15 unspecified atom stereocenters. The van der Waals surface area contributed by atoms with Crippen molar-refractivity contribution in [2.45, 2.75) is 99.0 Å². The molecule has 15 atom stereocenters. The molecule has 0 bridgehead atoms. The summed E-state index contributed by atoms with van der Waals surface area (Å²) in [6.45, 7) is -0.0724. The van der Waals surface area contributed by atoms with Crippen LogP contribution in [-0.2, 0) is 38.0 Å². The van der Waals surface area contributed by atoms with Gasteiger partial charge in [0.25, 0.3) is 0 Å². The average molecular weight is 783 g/mol. The van der Waals surface area contributed by atoms with E-state index in [1.165, 1.54) is 43.3 Å². The van der Waals surface area contributed by atoms with Gasteiger partial charge in [0.15, 0.2) is 30.4 Å². The summed E-state index contributed by atoms with van der Waals surface area (Å²) in [5.74, 6) is -1.58. The topological polar surface area (TPSA) is 304 Å². The summed E-state index contributed by atoms with van der Waals surface area (Å²) in [7, 11) is 0. The molecule has 2 aromatic rings. The molecule has 55 heavy (non-hydrogen) atoms. The maximum absolute atomic E-state index is 12.6. The number of carbonyl (C=O) groups is 1. The van der Waals surface area contributed by atoms with E-state index in [1.54, 1.807) is 24.3 Å². The van der Waals surface area contributed by atoms with Crippen molar-refractivity contribution in [2.24, 2.45) is 0 Å². The maximum Gasteiger partial charge on any atom is 0.330 e. The van der Waals surface area contributed by atoms with Gasteiger partial charge in [-0.3, -0.25) is 0 Å². The Morgan fingerprint density at radius 1 is 0.673 bits per heavy atom. The van der Waals surface area contributed by atoms with Gasteiger partial charge in [-0.1, -0.05) is 30.4 Å². The number of aliphatic hydroxyl groups is 8. The summed E-state index contributed by atoms with van der Waals surface area (Å²) >= 11 is 0. The lowest BCUT2D eigenvalue weighted by atomic mass is 9.96. The van der Waals surface area contributed by atoms with Crippen molar-refractivity contribution in [3.8, 4) is 17.2 Å². The highest BCUT2D eigenvalue weighted by molar-refractivity contribution is 5.87. The number of carbonyl (C=O) groups excluding carboxylic acids is 1. The van der Waals surface area contributed by atoms with E-state index in [2.05, 4.69) is 0 Å². The first-order valence-electron chi connectivity index (χ1n) is 17.3. The number of rotatable bonds is 13. The predicted octanol–water partition coefficient (Wildman–Crippen LogP) is -2.43. The van der Waals surface area contributed by atoms with Crippen molar-refractivity contribution in [2.75, 3.05) is 19.8 Å². The fourth-order valence-corrected chi connectivity index (χ4v) is 6.08. The van der Waals surface area contributed by atoms with Gasteiger partial charge in [-0.25, -0.2) is 4.79 Å². The zero-order valence-corrected chi connectivity index (χ0v) is 29.3. The lowest BCUT2D eigenvalue weighted by Crippen LogP contribution is -2.66. The zero-order chi connectivity index (χ0) is 40.0. The van der Waals surface area contributed by atoms with E-state index in [0.29, 0.717) is 11.1 Å². The second-order valence-electron chi connectivity index (χ2n) is 13.2. The first kappa shape index (κ1) is 42.4. The Labute approximate surface area is 314 Å². The number of hydrogen-bond acceptors (Lipinski definition) is 19. The van der Waals surface area contributed by atoms with Crippen molar-refractivity contribution in [1.29, 1.82) is 0 Å². The second-order valence-corrected chi connectivity index (χ2v) is 13.2. The van der Waals surface area contributed by atoms with Gasteiger partial charge in [-0.15, -0.1) is 0 Å². The summed E-state index contributed by atoms with van der Waals surface area (Å²) in [5, 5.41) is 113. The minimum atomic E-state index is -1.92. The monoisotopic (exact) mass is 782 g/mol. The molecule has 0 spiro atoms. The molecule has 19 nitrogen and oxygen atoms in total. The van der Waals surface area contributed by atoms with Gasteiger partial charge in [-0.05, 0) is 48.4 Å². The smallest absolute Gasteiger partial charge is 0.330 e. The lowest BCUT2D eigenvalue weighted by molar-refractivity contribution is -0.376. The number of aliphatic hydroxyl groups excluding tert-OH is 8. The molecule has 0 saturated carbocycles. The Morgan fingerprint density at radius 2 is 1.31 bits per heavy atom. The van der Waals surface area contributed by atoms with Gasteiger partial charge in [0.1, 0.15) is 79.5 Å². The highest BCUT2D eigenvalue weighted by Crippen LogP contribution is 2.33. The number of phenolic OH excluding ortho intramolecular Hbond substituents is 3. The average Bonchev–Trinajstić information content (AvgIpc) is 3.16. The van der Waals surface area contributed by atoms with Crippen molar-refractivity contribution in [3.63, 3.8) is 0 Å². The highest BCUT2D eigenvalue weighted by Gasteiger charge is 2.53. The number of ether oxygens (including phenoxy) is 7. The Balaban J connectivity index is 1.26.